The van der Waals surface area contributed by atoms with Gasteiger partial charge in [-0.25, -0.2) is 0 Å². The van der Waals surface area contributed by atoms with Crippen molar-refractivity contribution in [1.82, 2.24) is 4.90 Å². The Kier molecular flexibility index (Phi) is 6.70. The number of hydrogen-bond donors (Lipinski definition) is 1. The molecule has 0 spiro atoms. The highest BCUT2D eigenvalue weighted by molar-refractivity contribution is 6.34. The molecule has 0 bridgehead atoms. The van der Waals surface area contributed by atoms with E-state index in [2.05, 4.69) is 24.1 Å². The van der Waals surface area contributed by atoms with Gasteiger partial charge in [0.15, 0.2) is 0 Å². The highest BCUT2D eigenvalue weighted by Gasteiger charge is 2.23. The molecule has 28 heavy (non-hydrogen) atoms. The molecule has 1 saturated heterocycles. The van der Waals surface area contributed by atoms with Crippen LogP contribution in [-0.4, -0.2) is 36.3 Å². The average molecular weight is 400 g/mol. The van der Waals surface area contributed by atoms with E-state index in [0.717, 1.165) is 26.1 Å². The molecule has 1 N–H and O–H groups in total. The van der Waals surface area contributed by atoms with Gasteiger partial charge in [-0.1, -0.05) is 37.6 Å². The van der Waals surface area contributed by atoms with Crippen LogP contribution < -0.4 is 10.2 Å². The molecule has 148 valence electrons. The van der Waals surface area contributed by atoms with E-state index in [0.29, 0.717) is 34.9 Å². The second kappa shape index (κ2) is 9.22. The molecule has 0 atom stereocenters. The smallest absolute Gasteiger partial charge is 0.255 e. The minimum absolute atomic E-state index is 0.0866. The minimum atomic E-state index is -0.185. The van der Waals surface area contributed by atoms with Crippen molar-refractivity contribution in [3.8, 4) is 0 Å². The number of halogens is 1. The Morgan fingerprint density at radius 2 is 1.86 bits per heavy atom. The first-order chi connectivity index (χ1) is 13.5. The van der Waals surface area contributed by atoms with Gasteiger partial charge in [0, 0.05) is 30.8 Å². The zero-order valence-electron chi connectivity index (χ0n) is 16.4. The summed E-state index contributed by atoms with van der Waals surface area (Å²) in [6.07, 6.45) is 1.40. The van der Waals surface area contributed by atoms with Crippen LogP contribution in [0.25, 0.3) is 0 Å². The first kappa shape index (κ1) is 20.4. The first-order valence-electron chi connectivity index (χ1n) is 9.74. The lowest BCUT2D eigenvalue weighted by atomic mass is 10.1. The Morgan fingerprint density at radius 3 is 2.43 bits per heavy atom. The summed E-state index contributed by atoms with van der Waals surface area (Å²) in [5.41, 5.74) is 3.08. The van der Waals surface area contributed by atoms with E-state index in [1.54, 1.807) is 23.1 Å². The maximum absolute atomic E-state index is 12.5. The van der Waals surface area contributed by atoms with Gasteiger partial charge in [0.1, 0.15) is 0 Å². The summed E-state index contributed by atoms with van der Waals surface area (Å²) < 4.78 is 0. The van der Waals surface area contributed by atoms with Crippen LogP contribution in [0.3, 0.4) is 0 Å². The van der Waals surface area contributed by atoms with E-state index in [1.807, 2.05) is 24.3 Å². The summed E-state index contributed by atoms with van der Waals surface area (Å²) >= 11 is 6.35. The lowest BCUT2D eigenvalue weighted by molar-refractivity contribution is -0.117. The number of amides is 2. The number of carbonyl (C=O) groups excluding carboxylic acids is 2. The van der Waals surface area contributed by atoms with Gasteiger partial charge in [-0.05, 0) is 55.4 Å². The van der Waals surface area contributed by atoms with Crippen LogP contribution in [0.1, 0.15) is 42.6 Å². The summed E-state index contributed by atoms with van der Waals surface area (Å²) in [7, 11) is 0. The number of carbonyl (C=O) groups is 2. The molecule has 0 unspecified atom stereocenters. The van der Waals surface area contributed by atoms with Gasteiger partial charge in [-0.15, -0.1) is 0 Å². The normalized spacial score (nSPS) is 14.0. The Bertz CT molecular complexity index is 847. The number of nitrogens with one attached hydrogen (secondary N) is 1. The van der Waals surface area contributed by atoms with Crippen LogP contribution in [-0.2, 0) is 11.3 Å². The molecule has 3 rings (SSSR count). The predicted octanol–water partition coefficient (Wildman–Crippen LogP) is 4.56. The fourth-order valence-corrected chi connectivity index (χ4v) is 3.66. The van der Waals surface area contributed by atoms with Gasteiger partial charge < -0.3 is 10.2 Å². The predicted molar refractivity (Wildman–Crippen MR) is 114 cm³/mol. The maximum atomic E-state index is 12.5. The van der Waals surface area contributed by atoms with Crippen molar-refractivity contribution in [2.75, 3.05) is 29.9 Å². The van der Waals surface area contributed by atoms with E-state index in [4.69, 9.17) is 11.6 Å². The largest absolute Gasteiger partial charge is 0.322 e. The van der Waals surface area contributed by atoms with Crippen molar-refractivity contribution in [2.24, 2.45) is 0 Å². The third-order valence-electron chi connectivity index (χ3n) is 5.09. The molecule has 1 aliphatic rings. The summed E-state index contributed by atoms with van der Waals surface area (Å²) in [5, 5.41) is 3.33. The van der Waals surface area contributed by atoms with Crippen LogP contribution in [0.15, 0.2) is 42.5 Å². The number of rotatable bonds is 7. The molecule has 0 aromatic heterocycles. The summed E-state index contributed by atoms with van der Waals surface area (Å²) in [4.78, 5) is 28.5. The van der Waals surface area contributed by atoms with Crippen LogP contribution in [0, 0.1) is 0 Å². The monoisotopic (exact) mass is 399 g/mol. The van der Waals surface area contributed by atoms with Crippen LogP contribution >= 0.6 is 11.6 Å². The van der Waals surface area contributed by atoms with Crippen LogP contribution in [0.5, 0.6) is 0 Å². The lowest BCUT2D eigenvalue weighted by Gasteiger charge is -2.18. The fraction of sp³-hybridized carbons (Fsp3) is 0.364. The number of benzene rings is 2. The molecular formula is C22H26ClN3O2. The number of hydrogen-bond acceptors (Lipinski definition) is 3. The molecule has 0 aliphatic carbocycles. The molecule has 1 aliphatic heterocycles. The van der Waals surface area contributed by atoms with E-state index in [-0.39, 0.29) is 11.8 Å². The number of nitrogens with zero attached hydrogens (tertiary/aromatic N) is 2. The molecular weight excluding hydrogens is 374 g/mol. The zero-order valence-corrected chi connectivity index (χ0v) is 17.1. The third-order valence-corrected chi connectivity index (χ3v) is 5.39. The van der Waals surface area contributed by atoms with Crippen molar-refractivity contribution < 1.29 is 9.59 Å². The van der Waals surface area contributed by atoms with Gasteiger partial charge in [0.05, 0.1) is 10.7 Å². The quantitative estimate of drug-likeness (QED) is 0.742. The second-order valence-electron chi connectivity index (χ2n) is 6.93. The van der Waals surface area contributed by atoms with Crippen molar-refractivity contribution >= 4 is 34.8 Å². The molecule has 0 saturated carbocycles. The average Bonchev–Trinajstić information content (AvgIpc) is 3.12. The minimum Gasteiger partial charge on any atom is -0.322 e. The molecule has 1 heterocycles. The molecule has 0 radical (unpaired) electrons. The van der Waals surface area contributed by atoms with Crippen molar-refractivity contribution in [1.29, 1.82) is 0 Å². The van der Waals surface area contributed by atoms with Gasteiger partial charge in [-0.3, -0.25) is 14.5 Å². The third kappa shape index (κ3) is 4.72. The van der Waals surface area contributed by atoms with Gasteiger partial charge >= 0.3 is 0 Å². The van der Waals surface area contributed by atoms with E-state index >= 15 is 0 Å². The Labute approximate surface area is 171 Å². The highest BCUT2D eigenvalue weighted by Crippen LogP contribution is 2.31. The fourth-order valence-electron chi connectivity index (χ4n) is 3.38. The highest BCUT2D eigenvalue weighted by atomic mass is 35.5. The second-order valence-corrected chi connectivity index (χ2v) is 7.33. The Balaban J connectivity index is 1.66. The number of anilines is 2. The van der Waals surface area contributed by atoms with Crippen molar-refractivity contribution in [3.63, 3.8) is 0 Å². The summed E-state index contributed by atoms with van der Waals surface area (Å²) in [5.74, 6) is -0.0982. The van der Waals surface area contributed by atoms with Gasteiger partial charge in [0.2, 0.25) is 5.91 Å². The lowest BCUT2D eigenvalue weighted by Crippen LogP contribution is -2.24. The molecule has 2 amide bonds. The standard InChI is InChI=1S/C22H26ClN3O2/c1-3-25(4-2)15-16-7-9-17(10-8-16)22(28)24-18-11-12-20(19(23)14-18)26-13-5-6-21(26)27/h7-12,14H,3-6,13,15H2,1-2H3,(H,24,28). The van der Waals surface area contributed by atoms with Crippen molar-refractivity contribution in [3.05, 3.63) is 58.6 Å². The van der Waals surface area contributed by atoms with E-state index in [1.165, 1.54) is 5.56 Å². The van der Waals surface area contributed by atoms with Crippen LogP contribution in [0.4, 0.5) is 11.4 Å². The van der Waals surface area contributed by atoms with Gasteiger partial charge in [-0.2, -0.15) is 0 Å². The molecule has 2 aromatic carbocycles. The first-order valence-corrected chi connectivity index (χ1v) is 10.1. The molecule has 5 nitrogen and oxygen atoms in total. The Hall–Kier alpha value is -2.37. The maximum Gasteiger partial charge on any atom is 0.255 e. The molecule has 2 aromatic rings. The van der Waals surface area contributed by atoms with E-state index in [9.17, 15) is 9.59 Å². The van der Waals surface area contributed by atoms with Crippen molar-refractivity contribution in [2.45, 2.75) is 33.2 Å². The zero-order chi connectivity index (χ0) is 20.1. The van der Waals surface area contributed by atoms with E-state index < -0.39 is 0 Å². The SMILES string of the molecule is CCN(CC)Cc1ccc(C(=O)Nc2ccc(N3CCCC3=O)c(Cl)c2)cc1. The topological polar surface area (TPSA) is 52.7 Å². The van der Waals surface area contributed by atoms with Crippen LogP contribution in [0.2, 0.25) is 5.02 Å². The Morgan fingerprint density at radius 1 is 1.14 bits per heavy atom. The summed E-state index contributed by atoms with van der Waals surface area (Å²) in [6.45, 7) is 7.84. The molecule has 6 heteroatoms. The molecule has 1 fully saturated rings. The summed E-state index contributed by atoms with van der Waals surface area (Å²) in [6, 6.07) is 12.9. The van der Waals surface area contributed by atoms with Gasteiger partial charge in [0.25, 0.3) is 5.91 Å².